The zero-order chi connectivity index (χ0) is 19.7. The minimum Gasteiger partial charge on any atom is -0.394 e. The van der Waals surface area contributed by atoms with Crippen LogP contribution in [0.4, 0.5) is 5.95 Å². The van der Waals surface area contributed by atoms with Crippen LogP contribution in [0.2, 0.25) is 5.02 Å². The minimum absolute atomic E-state index is 0.0806. The standard InChI is InChI=1S/C18H22ClN5O3/c1-4-12(10-25)20-17-21-14-15(22(2)18(27)23(3)16(14)26)24(17)9-11-7-5-6-8-13(11)19/h5-8,12,25H,4,9-10H2,1-3H3,(H,20,21). The second kappa shape index (κ2) is 7.58. The van der Waals surface area contributed by atoms with E-state index in [1.54, 1.807) is 17.7 Å². The number of hydrogen-bond donors (Lipinski definition) is 2. The van der Waals surface area contributed by atoms with Crippen LogP contribution in [0.15, 0.2) is 33.9 Å². The van der Waals surface area contributed by atoms with Crippen LogP contribution in [0, 0.1) is 0 Å². The van der Waals surface area contributed by atoms with Gasteiger partial charge in [-0.1, -0.05) is 36.7 Å². The number of aliphatic hydroxyl groups is 1. The van der Waals surface area contributed by atoms with E-state index in [-0.39, 0.29) is 18.2 Å². The summed E-state index contributed by atoms with van der Waals surface area (Å²) in [6, 6.07) is 7.13. The van der Waals surface area contributed by atoms with Crippen molar-refractivity contribution in [3.8, 4) is 0 Å². The van der Waals surface area contributed by atoms with Gasteiger partial charge in [0.2, 0.25) is 5.95 Å². The SMILES string of the molecule is CCC(CO)Nc1nc2c(=O)n(C)c(=O)n(C)c2n1Cc1ccccc1Cl. The Hall–Kier alpha value is -2.58. The second-order valence-corrected chi connectivity index (χ2v) is 6.83. The molecule has 1 unspecified atom stereocenters. The zero-order valence-corrected chi connectivity index (χ0v) is 16.2. The Kier molecular flexibility index (Phi) is 5.38. The van der Waals surface area contributed by atoms with E-state index in [2.05, 4.69) is 10.3 Å². The fraction of sp³-hybridized carbons (Fsp3) is 0.389. The number of aromatic nitrogens is 4. The third kappa shape index (κ3) is 3.38. The van der Waals surface area contributed by atoms with E-state index in [9.17, 15) is 14.7 Å². The maximum absolute atomic E-state index is 12.6. The van der Waals surface area contributed by atoms with Gasteiger partial charge in [-0.15, -0.1) is 0 Å². The summed E-state index contributed by atoms with van der Waals surface area (Å²) in [5, 5.41) is 13.3. The Morgan fingerprint density at radius 3 is 2.56 bits per heavy atom. The van der Waals surface area contributed by atoms with Crippen LogP contribution in [-0.2, 0) is 20.6 Å². The fourth-order valence-electron chi connectivity index (χ4n) is 3.01. The summed E-state index contributed by atoms with van der Waals surface area (Å²) in [5.41, 5.74) is 0.506. The van der Waals surface area contributed by atoms with E-state index >= 15 is 0 Å². The lowest BCUT2D eigenvalue weighted by Crippen LogP contribution is -2.37. The molecule has 3 rings (SSSR count). The van der Waals surface area contributed by atoms with Gasteiger partial charge in [0.25, 0.3) is 5.56 Å². The number of anilines is 1. The molecular formula is C18H22ClN5O3. The van der Waals surface area contributed by atoms with Gasteiger partial charge in [0, 0.05) is 19.1 Å². The normalized spacial score (nSPS) is 12.5. The number of aliphatic hydroxyl groups excluding tert-OH is 1. The van der Waals surface area contributed by atoms with Crippen LogP contribution in [-0.4, -0.2) is 36.4 Å². The highest BCUT2D eigenvalue weighted by Gasteiger charge is 2.21. The third-order valence-electron chi connectivity index (χ3n) is 4.67. The monoisotopic (exact) mass is 391 g/mol. The van der Waals surface area contributed by atoms with Crippen LogP contribution in [0.5, 0.6) is 0 Å². The largest absolute Gasteiger partial charge is 0.394 e. The van der Waals surface area contributed by atoms with Gasteiger partial charge in [0.05, 0.1) is 19.2 Å². The molecule has 8 nitrogen and oxygen atoms in total. The molecule has 0 aliphatic rings. The van der Waals surface area contributed by atoms with Crippen LogP contribution >= 0.6 is 11.6 Å². The second-order valence-electron chi connectivity index (χ2n) is 6.42. The molecule has 1 aromatic carbocycles. The lowest BCUT2D eigenvalue weighted by molar-refractivity contribution is 0.271. The number of hydrogen-bond acceptors (Lipinski definition) is 5. The molecule has 0 saturated heterocycles. The highest BCUT2D eigenvalue weighted by Crippen LogP contribution is 2.22. The average molecular weight is 392 g/mol. The van der Waals surface area contributed by atoms with Crippen LogP contribution in [0.1, 0.15) is 18.9 Å². The number of aryl methyl sites for hydroxylation is 1. The first-order chi connectivity index (χ1) is 12.9. The Morgan fingerprint density at radius 2 is 1.93 bits per heavy atom. The number of benzene rings is 1. The molecule has 27 heavy (non-hydrogen) atoms. The van der Waals surface area contributed by atoms with Gasteiger partial charge in [-0.3, -0.25) is 18.5 Å². The summed E-state index contributed by atoms with van der Waals surface area (Å²) in [6.07, 6.45) is 0.669. The molecular weight excluding hydrogens is 370 g/mol. The first-order valence-corrected chi connectivity index (χ1v) is 9.03. The first-order valence-electron chi connectivity index (χ1n) is 8.66. The smallest absolute Gasteiger partial charge is 0.332 e. The van der Waals surface area contributed by atoms with Crippen molar-refractivity contribution >= 4 is 28.7 Å². The number of nitrogens with zero attached hydrogens (tertiary/aromatic N) is 4. The zero-order valence-electron chi connectivity index (χ0n) is 15.4. The van der Waals surface area contributed by atoms with Crippen LogP contribution < -0.4 is 16.6 Å². The molecule has 0 aliphatic carbocycles. The van der Waals surface area contributed by atoms with Crippen molar-refractivity contribution < 1.29 is 5.11 Å². The van der Waals surface area contributed by atoms with Gasteiger partial charge in [0.1, 0.15) is 0 Å². The summed E-state index contributed by atoms with van der Waals surface area (Å²) in [6.45, 7) is 2.17. The number of halogens is 1. The Bertz CT molecular complexity index is 1090. The van der Waals surface area contributed by atoms with Crippen molar-refractivity contribution in [2.24, 2.45) is 14.1 Å². The van der Waals surface area contributed by atoms with Crippen molar-refractivity contribution in [2.45, 2.75) is 25.9 Å². The Labute approximate surface area is 160 Å². The summed E-state index contributed by atoms with van der Waals surface area (Å²) in [7, 11) is 3.02. The van der Waals surface area contributed by atoms with Crippen molar-refractivity contribution in [1.29, 1.82) is 0 Å². The Balaban J connectivity index is 2.28. The van der Waals surface area contributed by atoms with Crippen molar-refractivity contribution in [2.75, 3.05) is 11.9 Å². The Morgan fingerprint density at radius 1 is 1.22 bits per heavy atom. The fourth-order valence-corrected chi connectivity index (χ4v) is 3.20. The molecule has 0 bridgehead atoms. The van der Waals surface area contributed by atoms with E-state index < -0.39 is 11.2 Å². The van der Waals surface area contributed by atoms with Gasteiger partial charge in [-0.2, -0.15) is 0 Å². The summed E-state index contributed by atoms with van der Waals surface area (Å²) in [4.78, 5) is 29.4. The molecule has 0 spiro atoms. The molecule has 2 heterocycles. The number of imidazole rings is 1. The highest BCUT2D eigenvalue weighted by molar-refractivity contribution is 6.31. The van der Waals surface area contributed by atoms with Crippen LogP contribution in [0.25, 0.3) is 11.2 Å². The van der Waals surface area contributed by atoms with E-state index in [0.29, 0.717) is 29.6 Å². The van der Waals surface area contributed by atoms with Crippen LogP contribution in [0.3, 0.4) is 0 Å². The first kappa shape index (κ1) is 19.2. The summed E-state index contributed by atoms with van der Waals surface area (Å²) < 4.78 is 4.17. The lowest BCUT2D eigenvalue weighted by Gasteiger charge is -2.17. The van der Waals surface area contributed by atoms with Crippen molar-refractivity contribution in [1.82, 2.24) is 18.7 Å². The molecule has 3 aromatic rings. The molecule has 0 amide bonds. The van der Waals surface area contributed by atoms with Gasteiger partial charge in [-0.25, -0.2) is 9.78 Å². The lowest BCUT2D eigenvalue weighted by atomic mass is 10.2. The molecule has 0 fully saturated rings. The van der Waals surface area contributed by atoms with Crippen molar-refractivity contribution in [3.63, 3.8) is 0 Å². The number of rotatable bonds is 6. The number of nitrogens with one attached hydrogen (secondary N) is 1. The molecule has 9 heteroatoms. The predicted octanol–water partition coefficient (Wildman–Crippen LogP) is 1.32. The summed E-state index contributed by atoms with van der Waals surface area (Å²) >= 11 is 6.30. The maximum Gasteiger partial charge on any atom is 0.332 e. The molecule has 0 saturated carbocycles. The van der Waals surface area contributed by atoms with E-state index in [1.807, 2.05) is 25.1 Å². The highest BCUT2D eigenvalue weighted by atomic mass is 35.5. The molecule has 0 radical (unpaired) electrons. The molecule has 2 aromatic heterocycles. The quantitative estimate of drug-likeness (QED) is 0.661. The predicted molar refractivity (Wildman–Crippen MR) is 106 cm³/mol. The third-order valence-corrected chi connectivity index (χ3v) is 5.04. The molecule has 0 aliphatic heterocycles. The topological polar surface area (TPSA) is 94.1 Å². The molecule has 1 atom stereocenters. The summed E-state index contributed by atoms with van der Waals surface area (Å²) in [5.74, 6) is 0.407. The van der Waals surface area contributed by atoms with E-state index in [0.717, 1.165) is 10.1 Å². The van der Waals surface area contributed by atoms with Gasteiger partial charge < -0.3 is 10.4 Å². The van der Waals surface area contributed by atoms with Gasteiger partial charge >= 0.3 is 5.69 Å². The average Bonchev–Trinajstić information content (AvgIpc) is 3.02. The van der Waals surface area contributed by atoms with E-state index in [1.165, 1.54) is 11.6 Å². The molecule has 2 N–H and O–H groups in total. The van der Waals surface area contributed by atoms with Crippen molar-refractivity contribution in [3.05, 3.63) is 55.7 Å². The maximum atomic E-state index is 12.6. The minimum atomic E-state index is -0.467. The molecule has 144 valence electrons. The van der Waals surface area contributed by atoms with Gasteiger partial charge in [-0.05, 0) is 18.1 Å². The van der Waals surface area contributed by atoms with Gasteiger partial charge in [0.15, 0.2) is 11.2 Å². The number of fused-ring (bicyclic) bond motifs is 1. The van der Waals surface area contributed by atoms with E-state index in [4.69, 9.17) is 11.6 Å².